The van der Waals surface area contributed by atoms with Crippen molar-refractivity contribution in [2.45, 2.75) is 6.92 Å². The van der Waals surface area contributed by atoms with Gasteiger partial charge >= 0.3 is 0 Å². The zero-order chi connectivity index (χ0) is 15.6. The van der Waals surface area contributed by atoms with Crippen LogP contribution in [-0.4, -0.2) is 15.8 Å². The molecule has 0 aliphatic rings. The number of hydrogen-bond acceptors (Lipinski definition) is 4. The Morgan fingerprint density at radius 2 is 2.14 bits per heavy atom. The van der Waals surface area contributed by atoms with E-state index in [0.717, 1.165) is 0 Å². The lowest BCUT2D eigenvalue weighted by Crippen LogP contribution is -2.13. The third kappa shape index (κ3) is 3.56. The van der Waals surface area contributed by atoms with Crippen LogP contribution in [0.2, 0.25) is 5.02 Å². The standard InChI is InChI=1S/C13H9BrClN3O3/c1-7-4-11(15)9(6-16-7)13(19)17-8-2-3-12(18(20)21)10(14)5-8/h2-6H,1H3,(H,17,19). The Morgan fingerprint density at radius 1 is 1.43 bits per heavy atom. The summed E-state index contributed by atoms with van der Waals surface area (Å²) in [5, 5.41) is 13.6. The van der Waals surface area contributed by atoms with Gasteiger partial charge in [-0.1, -0.05) is 11.6 Å². The number of carbonyl (C=O) groups excluding carboxylic acids is 1. The Balaban J connectivity index is 2.23. The van der Waals surface area contributed by atoms with Crippen LogP contribution in [-0.2, 0) is 0 Å². The highest BCUT2D eigenvalue weighted by atomic mass is 79.9. The Morgan fingerprint density at radius 3 is 2.71 bits per heavy atom. The first-order valence-electron chi connectivity index (χ1n) is 5.76. The van der Waals surface area contributed by atoms with Crippen molar-refractivity contribution in [3.05, 3.63) is 61.3 Å². The molecule has 0 saturated heterocycles. The number of hydrogen-bond donors (Lipinski definition) is 1. The van der Waals surface area contributed by atoms with Gasteiger partial charge in [-0.25, -0.2) is 0 Å². The zero-order valence-corrected chi connectivity index (χ0v) is 13.1. The van der Waals surface area contributed by atoms with Crippen LogP contribution < -0.4 is 5.32 Å². The van der Waals surface area contributed by atoms with Gasteiger partial charge in [0, 0.05) is 23.6 Å². The first-order valence-corrected chi connectivity index (χ1v) is 6.93. The highest BCUT2D eigenvalue weighted by molar-refractivity contribution is 9.10. The van der Waals surface area contributed by atoms with Crippen LogP contribution in [0.3, 0.4) is 0 Å². The Kier molecular flexibility index (Phi) is 4.54. The van der Waals surface area contributed by atoms with Gasteiger partial charge < -0.3 is 5.32 Å². The summed E-state index contributed by atoms with van der Waals surface area (Å²) in [6, 6.07) is 5.78. The molecule has 1 heterocycles. The second-order valence-electron chi connectivity index (χ2n) is 4.18. The lowest BCUT2D eigenvalue weighted by Gasteiger charge is -2.07. The molecular formula is C13H9BrClN3O3. The molecule has 6 nitrogen and oxygen atoms in total. The van der Waals surface area contributed by atoms with Gasteiger partial charge in [0.2, 0.25) is 0 Å². The van der Waals surface area contributed by atoms with Crippen LogP contribution >= 0.6 is 27.5 Å². The fraction of sp³-hybridized carbons (Fsp3) is 0.0769. The molecule has 0 radical (unpaired) electrons. The summed E-state index contributed by atoms with van der Waals surface area (Å²) in [4.78, 5) is 26.3. The monoisotopic (exact) mass is 369 g/mol. The van der Waals surface area contributed by atoms with Crippen molar-refractivity contribution in [1.29, 1.82) is 0 Å². The quantitative estimate of drug-likeness (QED) is 0.654. The number of benzene rings is 1. The van der Waals surface area contributed by atoms with Crippen LogP contribution in [0, 0.1) is 17.0 Å². The van der Waals surface area contributed by atoms with E-state index in [0.29, 0.717) is 16.4 Å². The summed E-state index contributed by atoms with van der Waals surface area (Å²) >= 11 is 9.08. The van der Waals surface area contributed by atoms with Crippen molar-refractivity contribution >= 4 is 44.8 Å². The molecule has 0 unspecified atom stereocenters. The SMILES string of the molecule is Cc1cc(Cl)c(C(=O)Nc2ccc([N+](=O)[O-])c(Br)c2)cn1. The molecule has 21 heavy (non-hydrogen) atoms. The summed E-state index contributed by atoms with van der Waals surface area (Å²) in [7, 11) is 0. The maximum absolute atomic E-state index is 12.1. The number of nitrogens with one attached hydrogen (secondary N) is 1. The minimum atomic E-state index is -0.517. The molecule has 0 bridgehead atoms. The number of amides is 1. The van der Waals surface area contributed by atoms with Crippen molar-refractivity contribution in [2.24, 2.45) is 0 Å². The number of rotatable bonds is 3. The molecule has 8 heteroatoms. The smallest absolute Gasteiger partial charge is 0.283 e. The topological polar surface area (TPSA) is 85.1 Å². The zero-order valence-electron chi connectivity index (χ0n) is 10.8. The molecule has 1 N–H and O–H groups in total. The number of nitrogens with zero attached hydrogens (tertiary/aromatic N) is 2. The molecular weight excluding hydrogens is 362 g/mol. The van der Waals surface area contributed by atoms with E-state index in [1.54, 1.807) is 13.0 Å². The molecule has 1 aromatic carbocycles. The van der Waals surface area contributed by atoms with Gasteiger partial charge in [0.1, 0.15) is 0 Å². The predicted molar refractivity (Wildman–Crippen MR) is 82.7 cm³/mol. The molecule has 0 saturated carbocycles. The van der Waals surface area contributed by atoms with Gasteiger partial charge in [-0.05, 0) is 41.1 Å². The first-order chi connectivity index (χ1) is 9.88. The van der Waals surface area contributed by atoms with Gasteiger partial charge in [-0.15, -0.1) is 0 Å². The van der Waals surface area contributed by atoms with E-state index in [2.05, 4.69) is 26.2 Å². The number of aryl methyl sites for hydroxylation is 1. The van der Waals surface area contributed by atoms with Crippen LogP contribution in [0.5, 0.6) is 0 Å². The molecule has 0 aliphatic carbocycles. The summed E-state index contributed by atoms with van der Waals surface area (Å²) in [5.74, 6) is -0.437. The predicted octanol–water partition coefficient (Wildman–Crippen LogP) is 3.97. The molecule has 1 amide bonds. The third-order valence-electron chi connectivity index (χ3n) is 2.64. The minimum absolute atomic E-state index is 0.0805. The highest BCUT2D eigenvalue weighted by Gasteiger charge is 2.15. The minimum Gasteiger partial charge on any atom is -0.322 e. The van der Waals surface area contributed by atoms with E-state index in [9.17, 15) is 14.9 Å². The van der Waals surface area contributed by atoms with Crippen molar-refractivity contribution < 1.29 is 9.72 Å². The van der Waals surface area contributed by atoms with Gasteiger partial charge in [-0.2, -0.15) is 0 Å². The number of nitro groups is 1. The molecule has 0 spiro atoms. The molecule has 2 rings (SSSR count). The average molecular weight is 371 g/mol. The summed E-state index contributed by atoms with van der Waals surface area (Å²) < 4.78 is 0.276. The number of nitro benzene ring substituents is 1. The van der Waals surface area contributed by atoms with Crippen molar-refractivity contribution in [3.8, 4) is 0 Å². The van der Waals surface area contributed by atoms with E-state index in [4.69, 9.17) is 11.6 Å². The maximum Gasteiger partial charge on any atom is 0.283 e. The molecule has 2 aromatic rings. The fourth-order valence-electron chi connectivity index (χ4n) is 1.62. The highest BCUT2D eigenvalue weighted by Crippen LogP contribution is 2.28. The van der Waals surface area contributed by atoms with Gasteiger partial charge in [0.05, 0.1) is 20.0 Å². The maximum atomic E-state index is 12.1. The van der Waals surface area contributed by atoms with Crippen molar-refractivity contribution in [1.82, 2.24) is 4.98 Å². The molecule has 0 fully saturated rings. The van der Waals surface area contributed by atoms with Gasteiger partial charge in [-0.3, -0.25) is 19.9 Å². The molecule has 108 valence electrons. The van der Waals surface area contributed by atoms with E-state index in [1.165, 1.54) is 24.4 Å². The number of pyridine rings is 1. The van der Waals surface area contributed by atoms with Gasteiger partial charge in [0.25, 0.3) is 11.6 Å². The first kappa shape index (κ1) is 15.4. The Hall–Kier alpha value is -1.99. The lowest BCUT2D eigenvalue weighted by atomic mass is 10.2. The normalized spacial score (nSPS) is 10.2. The van der Waals surface area contributed by atoms with Crippen LogP contribution in [0.4, 0.5) is 11.4 Å². The van der Waals surface area contributed by atoms with Crippen LogP contribution in [0.25, 0.3) is 0 Å². The fourth-order valence-corrected chi connectivity index (χ4v) is 2.44. The number of carbonyl (C=O) groups is 1. The van der Waals surface area contributed by atoms with Crippen molar-refractivity contribution in [2.75, 3.05) is 5.32 Å². The summed E-state index contributed by atoms with van der Waals surface area (Å²) in [6.07, 6.45) is 1.38. The molecule has 0 atom stereocenters. The molecule has 0 aliphatic heterocycles. The average Bonchev–Trinajstić information content (AvgIpc) is 2.37. The van der Waals surface area contributed by atoms with Crippen LogP contribution in [0.15, 0.2) is 34.9 Å². The van der Waals surface area contributed by atoms with E-state index in [1.807, 2.05) is 0 Å². The van der Waals surface area contributed by atoms with Gasteiger partial charge in [0.15, 0.2) is 0 Å². The van der Waals surface area contributed by atoms with Crippen molar-refractivity contribution in [3.63, 3.8) is 0 Å². The number of aromatic nitrogens is 1. The van der Waals surface area contributed by atoms with E-state index in [-0.39, 0.29) is 15.7 Å². The Bertz CT molecular complexity index is 737. The van der Waals surface area contributed by atoms with E-state index < -0.39 is 10.8 Å². The lowest BCUT2D eigenvalue weighted by molar-refractivity contribution is -0.385. The third-order valence-corrected chi connectivity index (χ3v) is 3.58. The molecule has 1 aromatic heterocycles. The second-order valence-corrected chi connectivity index (χ2v) is 5.44. The largest absolute Gasteiger partial charge is 0.322 e. The number of anilines is 1. The summed E-state index contributed by atoms with van der Waals surface area (Å²) in [5.41, 5.74) is 1.27. The Labute approximate surface area is 133 Å². The van der Waals surface area contributed by atoms with Crippen LogP contribution in [0.1, 0.15) is 16.1 Å². The van der Waals surface area contributed by atoms with E-state index >= 15 is 0 Å². The number of halogens is 2. The second kappa shape index (κ2) is 6.19. The summed E-state index contributed by atoms with van der Waals surface area (Å²) in [6.45, 7) is 1.76.